The van der Waals surface area contributed by atoms with Gasteiger partial charge in [-0.05, 0) is 49.7 Å². The number of anilines is 3. The van der Waals surface area contributed by atoms with E-state index in [2.05, 4.69) is 25.3 Å². The van der Waals surface area contributed by atoms with Gasteiger partial charge in [0, 0.05) is 37.1 Å². The Labute approximate surface area is 192 Å². The summed E-state index contributed by atoms with van der Waals surface area (Å²) in [5, 5.41) is 5.62. The predicted octanol–water partition coefficient (Wildman–Crippen LogP) is 3.48. The van der Waals surface area contributed by atoms with Gasteiger partial charge >= 0.3 is 0 Å². The maximum absolute atomic E-state index is 12.6. The molecule has 0 aliphatic heterocycles. The number of aryl methyl sites for hydroxylation is 3. The van der Waals surface area contributed by atoms with E-state index in [4.69, 9.17) is 0 Å². The molecule has 0 fully saturated rings. The van der Waals surface area contributed by atoms with Gasteiger partial charge < -0.3 is 4.90 Å². The van der Waals surface area contributed by atoms with E-state index in [1.807, 2.05) is 48.8 Å². The molecule has 0 saturated carbocycles. The number of hydrogen-bond donors (Lipinski definition) is 2. The first-order valence-electron chi connectivity index (χ1n) is 9.60. The summed E-state index contributed by atoms with van der Waals surface area (Å²) in [5.74, 6) is 0.732. The van der Waals surface area contributed by atoms with Gasteiger partial charge in [-0.1, -0.05) is 18.2 Å². The molecule has 32 heavy (non-hydrogen) atoms. The second-order valence-electron chi connectivity index (χ2n) is 7.20. The Morgan fingerprint density at radius 3 is 2.56 bits per heavy atom. The zero-order chi connectivity index (χ0) is 22.2. The van der Waals surface area contributed by atoms with Crippen LogP contribution < -0.4 is 15.2 Å². The Balaban J connectivity index is 0.00000289. The Bertz CT molecular complexity index is 1370. The van der Waals surface area contributed by atoms with Gasteiger partial charge in [-0.25, -0.2) is 13.4 Å². The van der Waals surface area contributed by atoms with Gasteiger partial charge in [0.2, 0.25) is 5.95 Å². The summed E-state index contributed by atoms with van der Waals surface area (Å²) in [4.78, 5) is 12.9. The zero-order valence-corrected chi connectivity index (χ0v) is 19.7. The van der Waals surface area contributed by atoms with E-state index in [-0.39, 0.29) is 23.3 Å². The highest BCUT2D eigenvalue weighted by Gasteiger charge is 2.17. The third-order valence-electron chi connectivity index (χ3n) is 5.17. The molecule has 0 aliphatic carbocycles. The normalized spacial score (nSPS) is 11.2. The van der Waals surface area contributed by atoms with Crippen molar-refractivity contribution in [3.8, 4) is 0 Å². The molecular formula is C21H24ClN7O2S. The topological polar surface area (TPSA) is 105 Å². The van der Waals surface area contributed by atoms with Gasteiger partial charge in [0.15, 0.2) is 0 Å². The quantitative estimate of drug-likeness (QED) is 0.413. The lowest BCUT2D eigenvalue weighted by molar-refractivity contribution is 0.586. The molecule has 0 bridgehead atoms. The summed E-state index contributed by atoms with van der Waals surface area (Å²) in [7, 11) is 0.0255. The Morgan fingerprint density at radius 1 is 1.06 bits per heavy atom. The number of fused-ring (bicyclic) bond motifs is 1. The van der Waals surface area contributed by atoms with Crippen molar-refractivity contribution in [1.29, 1.82) is 0 Å². The van der Waals surface area contributed by atoms with Crippen molar-refractivity contribution >= 4 is 50.8 Å². The van der Waals surface area contributed by atoms with Crippen molar-refractivity contribution in [2.45, 2.75) is 18.7 Å². The molecule has 0 saturated heterocycles. The van der Waals surface area contributed by atoms with E-state index >= 15 is 0 Å². The molecule has 0 amide bonds. The molecule has 0 aliphatic rings. The number of hydrogen-bond acceptors (Lipinski definition) is 7. The SMILES string of the molecule is Cc1ccccc1S(=O)(=O)NNc1nccc(N(C)c2ccc3c(C)n(C)nc3c2)n1.Cl. The number of sulfonamides is 1. The molecule has 2 aromatic carbocycles. The van der Waals surface area contributed by atoms with Crippen LogP contribution in [0.4, 0.5) is 17.5 Å². The van der Waals surface area contributed by atoms with Crippen molar-refractivity contribution in [2.75, 3.05) is 17.4 Å². The highest BCUT2D eigenvalue weighted by atomic mass is 35.5. The van der Waals surface area contributed by atoms with Gasteiger partial charge in [-0.15, -0.1) is 17.2 Å². The van der Waals surface area contributed by atoms with E-state index < -0.39 is 10.0 Å². The smallest absolute Gasteiger partial charge is 0.257 e. The van der Waals surface area contributed by atoms with E-state index in [9.17, 15) is 8.42 Å². The van der Waals surface area contributed by atoms with Crippen LogP contribution in [0.5, 0.6) is 0 Å². The first-order chi connectivity index (χ1) is 14.8. The number of benzene rings is 2. The molecule has 2 N–H and O–H groups in total. The first-order valence-corrected chi connectivity index (χ1v) is 11.1. The van der Waals surface area contributed by atoms with Crippen molar-refractivity contribution in [2.24, 2.45) is 7.05 Å². The number of nitrogens with zero attached hydrogens (tertiary/aromatic N) is 5. The third kappa shape index (κ3) is 4.52. The fourth-order valence-electron chi connectivity index (χ4n) is 3.28. The Morgan fingerprint density at radius 2 is 1.81 bits per heavy atom. The number of aromatic nitrogens is 4. The van der Waals surface area contributed by atoms with Crippen LogP contribution in [0.3, 0.4) is 0 Å². The minimum atomic E-state index is -3.77. The van der Waals surface area contributed by atoms with Crippen LogP contribution in [0.1, 0.15) is 11.3 Å². The minimum absolute atomic E-state index is 0. The molecule has 2 aromatic heterocycles. The molecule has 4 aromatic rings. The van der Waals surface area contributed by atoms with Gasteiger partial charge in [-0.3, -0.25) is 10.1 Å². The number of halogens is 1. The van der Waals surface area contributed by atoms with E-state index in [1.165, 1.54) is 0 Å². The average molecular weight is 474 g/mol. The largest absolute Gasteiger partial charge is 0.329 e. The molecule has 0 spiro atoms. The summed E-state index contributed by atoms with van der Waals surface area (Å²) >= 11 is 0. The van der Waals surface area contributed by atoms with Crippen LogP contribution in [-0.2, 0) is 17.1 Å². The Hall–Kier alpha value is -3.21. The van der Waals surface area contributed by atoms with Crippen LogP contribution in [-0.4, -0.2) is 35.2 Å². The number of hydrazine groups is 1. The summed E-state index contributed by atoms with van der Waals surface area (Å²) in [6.45, 7) is 3.76. The van der Waals surface area contributed by atoms with Crippen molar-refractivity contribution in [3.05, 3.63) is 66.0 Å². The lowest BCUT2D eigenvalue weighted by atomic mass is 10.2. The highest BCUT2D eigenvalue weighted by Crippen LogP contribution is 2.27. The van der Waals surface area contributed by atoms with Gasteiger partial charge in [0.05, 0.1) is 10.4 Å². The fourth-order valence-corrected chi connectivity index (χ4v) is 4.37. The van der Waals surface area contributed by atoms with Crippen molar-refractivity contribution in [1.82, 2.24) is 24.6 Å². The monoisotopic (exact) mass is 473 g/mol. The summed E-state index contributed by atoms with van der Waals surface area (Å²) < 4.78 is 27.0. The lowest BCUT2D eigenvalue weighted by Gasteiger charge is -2.19. The third-order valence-corrected chi connectivity index (χ3v) is 6.57. The molecule has 0 radical (unpaired) electrons. The summed E-state index contributed by atoms with van der Waals surface area (Å²) in [6, 6.07) is 14.5. The van der Waals surface area contributed by atoms with Crippen LogP contribution in [0.15, 0.2) is 59.6 Å². The molecule has 11 heteroatoms. The molecule has 0 unspecified atom stereocenters. The fraction of sp³-hybridized carbons (Fsp3) is 0.190. The van der Waals surface area contributed by atoms with E-state index in [1.54, 1.807) is 43.5 Å². The van der Waals surface area contributed by atoms with E-state index in [0.29, 0.717) is 11.4 Å². The lowest BCUT2D eigenvalue weighted by Crippen LogP contribution is -2.31. The molecule has 9 nitrogen and oxygen atoms in total. The molecular weight excluding hydrogens is 450 g/mol. The van der Waals surface area contributed by atoms with Crippen LogP contribution >= 0.6 is 12.4 Å². The van der Waals surface area contributed by atoms with E-state index in [0.717, 1.165) is 22.3 Å². The second kappa shape index (κ2) is 9.11. The summed E-state index contributed by atoms with van der Waals surface area (Å²) in [5.41, 5.74) is 6.13. The minimum Gasteiger partial charge on any atom is -0.329 e. The average Bonchev–Trinajstić information content (AvgIpc) is 3.05. The number of rotatable bonds is 6. The highest BCUT2D eigenvalue weighted by molar-refractivity contribution is 7.89. The van der Waals surface area contributed by atoms with Crippen molar-refractivity contribution < 1.29 is 8.42 Å². The van der Waals surface area contributed by atoms with Gasteiger partial charge in [0.1, 0.15) is 5.82 Å². The second-order valence-corrected chi connectivity index (χ2v) is 8.85. The summed E-state index contributed by atoms with van der Waals surface area (Å²) in [6.07, 6.45) is 1.56. The zero-order valence-electron chi connectivity index (χ0n) is 18.1. The van der Waals surface area contributed by atoms with Crippen LogP contribution in [0.25, 0.3) is 10.9 Å². The Kier molecular flexibility index (Phi) is 6.68. The molecule has 2 heterocycles. The van der Waals surface area contributed by atoms with Gasteiger partial charge in [0.25, 0.3) is 10.0 Å². The van der Waals surface area contributed by atoms with Crippen molar-refractivity contribution in [3.63, 3.8) is 0 Å². The standard InChI is InChI=1S/C21H23N7O2S.ClH/c1-14-7-5-6-8-19(14)31(29,30)26-24-21-22-12-11-20(23-21)27(3)16-9-10-17-15(2)28(4)25-18(17)13-16;/h5-13,26H,1-4H3,(H,22,23,24);1H. The number of nitrogens with one attached hydrogen (secondary N) is 2. The van der Waals surface area contributed by atoms with Crippen LogP contribution in [0.2, 0.25) is 0 Å². The maximum Gasteiger partial charge on any atom is 0.257 e. The van der Waals surface area contributed by atoms with Gasteiger partial charge in [-0.2, -0.15) is 10.1 Å². The molecule has 4 rings (SSSR count). The predicted molar refractivity (Wildman–Crippen MR) is 128 cm³/mol. The molecule has 0 atom stereocenters. The first kappa shape index (κ1) is 23.5. The maximum atomic E-state index is 12.6. The van der Waals surface area contributed by atoms with Crippen LogP contribution in [0, 0.1) is 13.8 Å². The molecule has 168 valence electrons.